The predicted molar refractivity (Wildman–Crippen MR) is 93.9 cm³/mol. The molecular formula is C16H21ClN4S. The van der Waals surface area contributed by atoms with E-state index in [-0.39, 0.29) is 0 Å². The summed E-state index contributed by atoms with van der Waals surface area (Å²) in [4.78, 5) is 10.3. The third-order valence-electron chi connectivity index (χ3n) is 3.90. The van der Waals surface area contributed by atoms with E-state index in [1.54, 1.807) is 11.3 Å². The highest BCUT2D eigenvalue weighted by Gasteiger charge is 2.25. The van der Waals surface area contributed by atoms with Crippen LogP contribution in [0.4, 0.5) is 5.13 Å². The number of hydrogen-bond acceptors (Lipinski definition) is 5. The molecule has 4 nitrogen and oxygen atoms in total. The lowest BCUT2D eigenvalue weighted by molar-refractivity contribution is 0.155. The molecule has 1 unspecified atom stereocenters. The maximum absolute atomic E-state index is 6.40. The van der Waals surface area contributed by atoms with Gasteiger partial charge in [-0.3, -0.25) is 4.90 Å². The van der Waals surface area contributed by atoms with Crippen LogP contribution in [0.2, 0.25) is 5.02 Å². The van der Waals surface area contributed by atoms with Crippen molar-refractivity contribution in [2.45, 2.75) is 12.6 Å². The van der Waals surface area contributed by atoms with Gasteiger partial charge in [-0.1, -0.05) is 29.8 Å². The summed E-state index contributed by atoms with van der Waals surface area (Å²) < 4.78 is 0. The summed E-state index contributed by atoms with van der Waals surface area (Å²) in [6.45, 7) is 3.89. The smallest absolute Gasteiger partial charge is 0.185 e. The fourth-order valence-corrected chi connectivity index (χ4v) is 3.88. The molecular weight excluding hydrogens is 316 g/mol. The lowest BCUT2D eigenvalue weighted by atomic mass is 10.0. The molecule has 118 valence electrons. The lowest BCUT2D eigenvalue weighted by Crippen LogP contribution is -2.45. The third-order valence-corrected chi connectivity index (χ3v) is 5.40. The average molecular weight is 337 g/mol. The Hall–Kier alpha value is -1.14. The zero-order chi connectivity index (χ0) is 15.5. The fraction of sp³-hybridized carbons (Fsp3) is 0.438. The van der Waals surface area contributed by atoms with E-state index in [1.165, 1.54) is 10.4 Å². The Morgan fingerprint density at radius 3 is 2.95 bits per heavy atom. The molecule has 22 heavy (non-hydrogen) atoms. The summed E-state index contributed by atoms with van der Waals surface area (Å²) in [6.07, 6.45) is 1.99. The average Bonchev–Trinajstić information content (AvgIpc) is 2.97. The first kappa shape index (κ1) is 15.7. The first-order chi connectivity index (χ1) is 10.6. The SMILES string of the molecule is CN(C)c1ncc(CN2CCNCC2c2ccccc2Cl)s1. The molecule has 3 rings (SSSR count). The van der Waals surface area contributed by atoms with Crippen LogP contribution in [0.1, 0.15) is 16.5 Å². The van der Waals surface area contributed by atoms with E-state index in [0.29, 0.717) is 6.04 Å². The van der Waals surface area contributed by atoms with Gasteiger partial charge in [-0.25, -0.2) is 4.98 Å². The zero-order valence-electron chi connectivity index (χ0n) is 12.9. The molecule has 1 saturated heterocycles. The maximum Gasteiger partial charge on any atom is 0.185 e. The molecule has 2 heterocycles. The normalized spacial score (nSPS) is 19.3. The van der Waals surface area contributed by atoms with Crippen molar-refractivity contribution in [2.75, 3.05) is 38.6 Å². The first-order valence-electron chi connectivity index (χ1n) is 7.46. The van der Waals surface area contributed by atoms with Crippen LogP contribution in [-0.4, -0.2) is 43.6 Å². The van der Waals surface area contributed by atoms with E-state index in [9.17, 15) is 0 Å². The van der Waals surface area contributed by atoms with E-state index in [1.807, 2.05) is 32.4 Å². The molecule has 0 saturated carbocycles. The van der Waals surface area contributed by atoms with Crippen molar-refractivity contribution < 1.29 is 0 Å². The Morgan fingerprint density at radius 1 is 1.41 bits per heavy atom. The molecule has 0 radical (unpaired) electrons. The van der Waals surface area contributed by atoms with Gasteiger partial charge in [0.15, 0.2) is 5.13 Å². The molecule has 1 aliphatic heterocycles. The zero-order valence-corrected chi connectivity index (χ0v) is 14.5. The van der Waals surface area contributed by atoms with Crippen molar-refractivity contribution in [3.05, 3.63) is 45.9 Å². The van der Waals surface area contributed by atoms with Gasteiger partial charge in [-0.05, 0) is 11.6 Å². The second kappa shape index (κ2) is 6.96. The van der Waals surface area contributed by atoms with Crippen LogP contribution in [0, 0.1) is 0 Å². The van der Waals surface area contributed by atoms with E-state index in [0.717, 1.165) is 36.3 Å². The second-order valence-corrected chi connectivity index (χ2v) is 7.22. The number of nitrogens with zero attached hydrogens (tertiary/aromatic N) is 3. The van der Waals surface area contributed by atoms with Crippen LogP contribution in [0.5, 0.6) is 0 Å². The highest BCUT2D eigenvalue weighted by Crippen LogP contribution is 2.31. The summed E-state index contributed by atoms with van der Waals surface area (Å²) in [5.41, 5.74) is 1.20. The Balaban J connectivity index is 1.79. The van der Waals surface area contributed by atoms with E-state index in [4.69, 9.17) is 11.6 Å². The highest BCUT2D eigenvalue weighted by atomic mass is 35.5. The Morgan fingerprint density at radius 2 is 2.23 bits per heavy atom. The second-order valence-electron chi connectivity index (χ2n) is 5.72. The molecule has 1 aromatic heterocycles. The van der Waals surface area contributed by atoms with Gasteiger partial charge in [-0.15, -0.1) is 11.3 Å². The summed E-state index contributed by atoms with van der Waals surface area (Å²) in [5.74, 6) is 0. The number of nitrogens with one attached hydrogen (secondary N) is 1. The van der Waals surface area contributed by atoms with Crippen molar-refractivity contribution in [3.8, 4) is 0 Å². The number of thiazole rings is 1. The van der Waals surface area contributed by atoms with Crippen LogP contribution in [0.3, 0.4) is 0 Å². The largest absolute Gasteiger partial charge is 0.354 e. The standard InChI is InChI=1S/C16H21ClN4S/c1-20(2)16-19-9-12(22-16)11-21-8-7-18-10-15(21)13-5-3-4-6-14(13)17/h3-6,9,15,18H,7-8,10-11H2,1-2H3. The molecule has 0 bridgehead atoms. The summed E-state index contributed by atoms with van der Waals surface area (Å²) in [5, 5.41) is 5.38. The molecule has 1 fully saturated rings. The van der Waals surface area contributed by atoms with Gasteiger partial charge in [0.1, 0.15) is 0 Å². The van der Waals surface area contributed by atoms with Crippen molar-refractivity contribution in [1.82, 2.24) is 15.2 Å². The maximum atomic E-state index is 6.40. The highest BCUT2D eigenvalue weighted by molar-refractivity contribution is 7.15. The topological polar surface area (TPSA) is 31.4 Å². The third kappa shape index (κ3) is 3.43. The summed E-state index contributed by atoms with van der Waals surface area (Å²) >= 11 is 8.16. The minimum absolute atomic E-state index is 0.312. The van der Waals surface area contributed by atoms with Gasteiger partial charge in [0.25, 0.3) is 0 Å². The van der Waals surface area contributed by atoms with Crippen molar-refractivity contribution >= 4 is 28.1 Å². The minimum atomic E-state index is 0.312. The number of halogens is 1. The summed E-state index contributed by atoms with van der Waals surface area (Å²) in [7, 11) is 4.06. The quantitative estimate of drug-likeness (QED) is 0.930. The first-order valence-corrected chi connectivity index (χ1v) is 8.66. The van der Waals surface area contributed by atoms with Crippen molar-refractivity contribution in [1.29, 1.82) is 0 Å². The van der Waals surface area contributed by atoms with Crippen LogP contribution >= 0.6 is 22.9 Å². The number of hydrogen-bond donors (Lipinski definition) is 1. The molecule has 0 spiro atoms. The van der Waals surface area contributed by atoms with Gasteiger partial charge in [-0.2, -0.15) is 0 Å². The Kier molecular flexibility index (Phi) is 4.98. The molecule has 1 aromatic carbocycles. The molecule has 1 aliphatic rings. The molecule has 0 amide bonds. The van der Waals surface area contributed by atoms with Crippen LogP contribution < -0.4 is 10.2 Å². The van der Waals surface area contributed by atoms with E-state index in [2.05, 4.69) is 32.2 Å². The van der Waals surface area contributed by atoms with Gasteiger partial charge >= 0.3 is 0 Å². The number of anilines is 1. The lowest BCUT2D eigenvalue weighted by Gasteiger charge is -2.36. The number of aromatic nitrogens is 1. The van der Waals surface area contributed by atoms with Gasteiger partial charge in [0.2, 0.25) is 0 Å². The minimum Gasteiger partial charge on any atom is -0.354 e. The molecule has 2 aromatic rings. The predicted octanol–water partition coefficient (Wildman–Crippen LogP) is 3.01. The van der Waals surface area contributed by atoms with Crippen LogP contribution in [0.15, 0.2) is 30.5 Å². The number of rotatable bonds is 4. The fourth-order valence-electron chi connectivity index (χ4n) is 2.76. The van der Waals surface area contributed by atoms with Gasteiger partial charge in [0.05, 0.1) is 0 Å². The molecule has 1 atom stereocenters. The van der Waals surface area contributed by atoms with E-state index < -0.39 is 0 Å². The molecule has 6 heteroatoms. The Labute approximate surface area is 140 Å². The number of benzene rings is 1. The molecule has 0 aliphatic carbocycles. The monoisotopic (exact) mass is 336 g/mol. The van der Waals surface area contributed by atoms with Crippen LogP contribution in [0.25, 0.3) is 0 Å². The van der Waals surface area contributed by atoms with Crippen molar-refractivity contribution in [2.24, 2.45) is 0 Å². The summed E-state index contributed by atoms with van der Waals surface area (Å²) in [6, 6.07) is 8.46. The van der Waals surface area contributed by atoms with Gasteiger partial charge < -0.3 is 10.2 Å². The Bertz CT molecular complexity index is 628. The number of piperazine rings is 1. The van der Waals surface area contributed by atoms with Crippen LogP contribution in [-0.2, 0) is 6.54 Å². The van der Waals surface area contributed by atoms with E-state index >= 15 is 0 Å². The van der Waals surface area contributed by atoms with Gasteiger partial charge in [0, 0.05) is 62.4 Å². The van der Waals surface area contributed by atoms with Crippen molar-refractivity contribution in [3.63, 3.8) is 0 Å². The molecule has 1 N–H and O–H groups in total.